The molecule has 0 atom stereocenters. The fraction of sp³-hybridized carbons (Fsp3) is 0.222. The number of aromatic amines is 2. The number of hydrogen-bond acceptors (Lipinski definition) is 4. The highest BCUT2D eigenvalue weighted by Crippen LogP contribution is 2.29. The molecule has 7 nitrogen and oxygen atoms in total. The first-order valence-electron chi connectivity index (χ1n) is 8.34. The van der Waals surface area contributed by atoms with Gasteiger partial charge < -0.3 is 9.97 Å². The van der Waals surface area contributed by atoms with Gasteiger partial charge >= 0.3 is 11.1 Å². The van der Waals surface area contributed by atoms with E-state index in [1.807, 2.05) is 12.1 Å². The maximum Gasteiger partial charge on any atom is 0.314 e. The van der Waals surface area contributed by atoms with E-state index in [9.17, 15) is 18.0 Å². The highest BCUT2D eigenvalue weighted by molar-refractivity contribution is 7.92. The van der Waals surface area contributed by atoms with Crippen molar-refractivity contribution in [2.75, 3.05) is 4.72 Å². The molecule has 0 saturated heterocycles. The van der Waals surface area contributed by atoms with E-state index >= 15 is 0 Å². The number of fused-ring (bicyclic) bond motifs is 2. The minimum Gasteiger partial charge on any atom is -0.316 e. The van der Waals surface area contributed by atoms with E-state index in [1.165, 1.54) is 23.8 Å². The Labute approximate surface area is 149 Å². The number of rotatable bonds is 3. The molecule has 0 aliphatic heterocycles. The standard InChI is InChI=1S/C18H17N3O4S/c22-17-18(23)20-16-10-12(8-9-15(16)19-17)26(24,25)21-14-7-3-5-11-4-1-2-6-13(11)14/h3,5,7-10,21H,1-2,4,6H2,(H,19,22)(H,20,23). The summed E-state index contributed by atoms with van der Waals surface area (Å²) in [5.41, 5.74) is 1.84. The molecule has 1 aromatic heterocycles. The van der Waals surface area contributed by atoms with Crippen LogP contribution in [-0.4, -0.2) is 18.4 Å². The Morgan fingerprint density at radius 2 is 1.62 bits per heavy atom. The summed E-state index contributed by atoms with van der Waals surface area (Å²) in [6.45, 7) is 0. The van der Waals surface area contributed by atoms with Gasteiger partial charge in [-0.05, 0) is 61.1 Å². The molecular weight excluding hydrogens is 354 g/mol. The molecule has 1 aliphatic carbocycles. The Bertz CT molecular complexity index is 1230. The number of anilines is 1. The summed E-state index contributed by atoms with van der Waals surface area (Å²) in [5.74, 6) is 0. The van der Waals surface area contributed by atoms with Gasteiger partial charge in [0.1, 0.15) is 0 Å². The number of aromatic nitrogens is 2. The van der Waals surface area contributed by atoms with Crippen molar-refractivity contribution in [2.45, 2.75) is 30.6 Å². The zero-order valence-electron chi connectivity index (χ0n) is 13.8. The van der Waals surface area contributed by atoms with Gasteiger partial charge in [0.15, 0.2) is 0 Å². The molecule has 8 heteroatoms. The van der Waals surface area contributed by atoms with E-state index in [1.54, 1.807) is 6.07 Å². The predicted octanol–water partition coefficient (Wildman–Crippen LogP) is 1.90. The number of sulfonamides is 1. The summed E-state index contributed by atoms with van der Waals surface area (Å²) in [4.78, 5) is 27.7. The molecule has 4 rings (SSSR count). The van der Waals surface area contributed by atoms with Crippen LogP contribution < -0.4 is 15.8 Å². The van der Waals surface area contributed by atoms with E-state index in [4.69, 9.17) is 0 Å². The quantitative estimate of drug-likeness (QED) is 0.610. The van der Waals surface area contributed by atoms with Crippen LogP contribution in [0.25, 0.3) is 11.0 Å². The van der Waals surface area contributed by atoms with Gasteiger partial charge in [0.2, 0.25) is 0 Å². The van der Waals surface area contributed by atoms with E-state index in [0.717, 1.165) is 31.2 Å². The number of nitrogens with one attached hydrogen (secondary N) is 3. The van der Waals surface area contributed by atoms with Crippen molar-refractivity contribution in [1.29, 1.82) is 0 Å². The fourth-order valence-electron chi connectivity index (χ4n) is 3.34. The first-order chi connectivity index (χ1) is 12.4. The highest BCUT2D eigenvalue weighted by Gasteiger charge is 2.19. The lowest BCUT2D eigenvalue weighted by atomic mass is 9.91. The summed E-state index contributed by atoms with van der Waals surface area (Å²) in [7, 11) is -3.83. The molecule has 0 spiro atoms. The topological polar surface area (TPSA) is 112 Å². The minimum absolute atomic E-state index is 0.0149. The van der Waals surface area contributed by atoms with Gasteiger partial charge in [-0.25, -0.2) is 8.42 Å². The number of H-pyrrole nitrogens is 2. The number of hydrogen-bond donors (Lipinski definition) is 3. The second-order valence-electron chi connectivity index (χ2n) is 6.37. The third kappa shape index (κ3) is 2.92. The lowest BCUT2D eigenvalue weighted by molar-refractivity contribution is 0.601. The monoisotopic (exact) mass is 371 g/mol. The van der Waals surface area contributed by atoms with Crippen molar-refractivity contribution in [1.82, 2.24) is 9.97 Å². The Morgan fingerprint density at radius 3 is 2.42 bits per heavy atom. The van der Waals surface area contributed by atoms with Gasteiger partial charge in [-0.1, -0.05) is 12.1 Å². The van der Waals surface area contributed by atoms with Gasteiger partial charge in [0.25, 0.3) is 10.0 Å². The molecule has 0 amide bonds. The Morgan fingerprint density at radius 1 is 0.885 bits per heavy atom. The van der Waals surface area contributed by atoms with E-state index < -0.39 is 21.1 Å². The summed E-state index contributed by atoms with van der Waals surface area (Å²) in [6.07, 6.45) is 3.95. The van der Waals surface area contributed by atoms with Gasteiger partial charge in [-0.15, -0.1) is 0 Å². The van der Waals surface area contributed by atoms with Crippen LogP contribution in [0.2, 0.25) is 0 Å². The Balaban J connectivity index is 1.76. The van der Waals surface area contributed by atoms with Crippen molar-refractivity contribution in [2.24, 2.45) is 0 Å². The fourth-order valence-corrected chi connectivity index (χ4v) is 4.46. The first kappa shape index (κ1) is 16.6. The maximum atomic E-state index is 12.8. The van der Waals surface area contributed by atoms with Crippen LogP contribution in [0.5, 0.6) is 0 Å². The summed E-state index contributed by atoms with van der Waals surface area (Å²) >= 11 is 0. The van der Waals surface area contributed by atoms with Crippen LogP contribution in [0, 0.1) is 0 Å². The first-order valence-corrected chi connectivity index (χ1v) is 9.82. The molecule has 3 N–H and O–H groups in total. The molecule has 1 aliphatic rings. The van der Waals surface area contributed by atoms with Gasteiger partial charge in [-0.2, -0.15) is 0 Å². The van der Waals surface area contributed by atoms with E-state index in [2.05, 4.69) is 14.7 Å². The van der Waals surface area contributed by atoms with Crippen LogP contribution in [0.4, 0.5) is 5.69 Å². The normalized spacial score (nSPS) is 14.2. The van der Waals surface area contributed by atoms with Crippen molar-refractivity contribution in [3.8, 4) is 0 Å². The molecule has 3 aromatic rings. The summed E-state index contributed by atoms with van der Waals surface area (Å²) in [5, 5.41) is 0. The molecule has 0 fully saturated rings. The van der Waals surface area contributed by atoms with Crippen LogP contribution in [0.15, 0.2) is 50.9 Å². The van der Waals surface area contributed by atoms with Crippen molar-refractivity contribution >= 4 is 26.7 Å². The molecule has 0 saturated carbocycles. The highest BCUT2D eigenvalue weighted by atomic mass is 32.2. The third-order valence-corrected chi connectivity index (χ3v) is 6.01. The molecular formula is C18H17N3O4S. The predicted molar refractivity (Wildman–Crippen MR) is 99.1 cm³/mol. The molecule has 134 valence electrons. The summed E-state index contributed by atoms with van der Waals surface area (Å²) in [6, 6.07) is 9.84. The van der Waals surface area contributed by atoms with E-state index in [-0.39, 0.29) is 10.4 Å². The Hall–Kier alpha value is -2.87. The van der Waals surface area contributed by atoms with Crippen molar-refractivity contribution < 1.29 is 8.42 Å². The molecule has 1 heterocycles. The van der Waals surface area contributed by atoms with Crippen molar-refractivity contribution in [3.63, 3.8) is 0 Å². The van der Waals surface area contributed by atoms with Gasteiger partial charge in [0, 0.05) is 0 Å². The van der Waals surface area contributed by atoms with Crippen molar-refractivity contribution in [3.05, 3.63) is 68.2 Å². The maximum absolute atomic E-state index is 12.8. The molecule has 0 radical (unpaired) electrons. The average molecular weight is 371 g/mol. The second-order valence-corrected chi connectivity index (χ2v) is 8.05. The van der Waals surface area contributed by atoms with Crippen LogP contribution in [0.3, 0.4) is 0 Å². The van der Waals surface area contributed by atoms with Gasteiger partial charge in [0.05, 0.1) is 21.6 Å². The largest absolute Gasteiger partial charge is 0.316 e. The van der Waals surface area contributed by atoms with Crippen LogP contribution in [-0.2, 0) is 22.9 Å². The molecule has 2 aromatic carbocycles. The van der Waals surface area contributed by atoms with Crippen LogP contribution in [0.1, 0.15) is 24.0 Å². The lowest BCUT2D eigenvalue weighted by Crippen LogP contribution is -2.29. The second kappa shape index (κ2) is 6.14. The zero-order valence-corrected chi connectivity index (χ0v) is 14.7. The number of benzene rings is 2. The summed E-state index contributed by atoms with van der Waals surface area (Å²) < 4.78 is 28.3. The Kier molecular flexibility index (Phi) is 3.91. The number of aryl methyl sites for hydroxylation is 1. The average Bonchev–Trinajstić information content (AvgIpc) is 2.62. The SMILES string of the molecule is O=c1[nH]c2ccc(S(=O)(=O)Nc3cccc4c3CCCC4)cc2[nH]c1=O. The molecule has 26 heavy (non-hydrogen) atoms. The minimum atomic E-state index is -3.83. The zero-order chi connectivity index (χ0) is 18.3. The lowest BCUT2D eigenvalue weighted by Gasteiger charge is -2.20. The molecule has 0 bridgehead atoms. The third-order valence-electron chi connectivity index (χ3n) is 4.64. The van der Waals surface area contributed by atoms with E-state index in [0.29, 0.717) is 11.2 Å². The van der Waals surface area contributed by atoms with Crippen LogP contribution >= 0.6 is 0 Å². The van der Waals surface area contributed by atoms with Gasteiger partial charge in [-0.3, -0.25) is 14.3 Å². The molecule has 0 unspecified atom stereocenters. The smallest absolute Gasteiger partial charge is 0.314 e.